The number of hydrogen-bond donors (Lipinski definition) is 2. The van der Waals surface area contributed by atoms with E-state index in [-0.39, 0.29) is 12.4 Å². The lowest BCUT2D eigenvalue weighted by atomic mass is 10.0. The average Bonchev–Trinajstić information content (AvgIpc) is 3.16. The van der Waals surface area contributed by atoms with Crippen LogP contribution in [-0.4, -0.2) is 45.8 Å². The Labute approximate surface area is 161 Å². The molecule has 0 unspecified atom stereocenters. The maximum absolute atomic E-state index is 12.5. The topological polar surface area (TPSA) is 92.4 Å². The molecule has 28 heavy (non-hydrogen) atoms. The van der Waals surface area contributed by atoms with E-state index in [1.807, 2.05) is 24.3 Å². The van der Waals surface area contributed by atoms with Crippen molar-refractivity contribution in [1.82, 2.24) is 19.9 Å². The fourth-order valence-corrected chi connectivity index (χ4v) is 3.79. The highest BCUT2D eigenvalue weighted by Gasteiger charge is 2.21. The van der Waals surface area contributed by atoms with Crippen LogP contribution in [0.2, 0.25) is 0 Å². The van der Waals surface area contributed by atoms with Crippen LogP contribution in [0.25, 0.3) is 10.9 Å². The lowest BCUT2D eigenvalue weighted by Crippen LogP contribution is -2.39. The first kappa shape index (κ1) is 17.0. The smallest absolute Gasteiger partial charge is 0.252 e. The van der Waals surface area contributed by atoms with Gasteiger partial charge in [0.15, 0.2) is 11.5 Å². The molecule has 0 bridgehead atoms. The van der Waals surface area contributed by atoms with Gasteiger partial charge >= 0.3 is 0 Å². The number of hydrogen-bond acceptors (Lipinski definition) is 7. The summed E-state index contributed by atoms with van der Waals surface area (Å²) in [5, 5.41) is 4.34. The number of fused-ring (bicyclic) bond motifs is 2. The molecular weight excluding hydrogens is 358 g/mol. The van der Waals surface area contributed by atoms with Crippen LogP contribution < -0.4 is 20.3 Å². The van der Waals surface area contributed by atoms with Crippen molar-refractivity contribution in [1.29, 1.82) is 0 Å². The Kier molecular flexibility index (Phi) is 4.32. The van der Waals surface area contributed by atoms with Crippen LogP contribution in [0.3, 0.4) is 0 Å². The first-order chi connectivity index (χ1) is 13.7. The number of nitrogens with zero attached hydrogens (tertiary/aromatic N) is 3. The fourth-order valence-electron chi connectivity index (χ4n) is 3.79. The average molecular weight is 379 g/mol. The summed E-state index contributed by atoms with van der Waals surface area (Å²) >= 11 is 0. The number of likely N-dealkylation sites (tertiary alicyclic amines) is 1. The van der Waals surface area contributed by atoms with E-state index in [1.54, 1.807) is 12.4 Å². The predicted molar refractivity (Wildman–Crippen MR) is 105 cm³/mol. The van der Waals surface area contributed by atoms with Gasteiger partial charge in [0.1, 0.15) is 0 Å². The van der Waals surface area contributed by atoms with Crippen molar-refractivity contribution >= 4 is 16.9 Å². The minimum absolute atomic E-state index is 0.0516. The molecule has 8 nitrogen and oxygen atoms in total. The zero-order chi connectivity index (χ0) is 18.9. The summed E-state index contributed by atoms with van der Waals surface area (Å²) in [7, 11) is 0. The molecule has 1 aromatic carbocycles. The van der Waals surface area contributed by atoms with Crippen LogP contribution in [0.1, 0.15) is 18.4 Å². The van der Waals surface area contributed by atoms with Crippen LogP contribution in [-0.2, 0) is 6.54 Å². The molecule has 0 aliphatic carbocycles. The van der Waals surface area contributed by atoms with Gasteiger partial charge in [0.05, 0.1) is 5.52 Å². The first-order valence-corrected chi connectivity index (χ1v) is 9.46. The van der Waals surface area contributed by atoms with E-state index in [2.05, 4.69) is 25.2 Å². The number of aromatic nitrogens is 3. The van der Waals surface area contributed by atoms with E-state index in [9.17, 15) is 4.79 Å². The lowest BCUT2D eigenvalue weighted by Gasteiger charge is -2.32. The molecule has 1 fully saturated rings. The quantitative estimate of drug-likeness (QED) is 0.717. The molecule has 2 aliphatic heterocycles. The molecule has 2 N–H and O–H groups in total. The van der Waals surface area contributed by atoms with Crippen molar-refractivity contribution < 1.29 is 9.47 Å². The van der Waals surface area contributed by atoms with E-state index in [0.717, 1.165) is 48.1 Å². The summed E-state index contributed by atoms with van der Waals surface area (Å²) in [5.41, 5.74) is 1.48. The molecule has 0 saturated carbocycles. The molecule has 8 heteroatoms. The number of pyridine rings is 1. The van der Waals surface area contributed by atoms with Crippen LogP contribution >= 0.6 is 0 Å². The van der Waals surface area contributed by atoms with Crippen molar-refractivity contribution in [2.24, 2.45) is 0 Å². The summed E-state index contributed by atoms with van der Waals surface area (Å²) in [6.45, 7) is 2.69. The van der Waals surface area contributed by atoms with Crippen molar-refractivity contribution in [3.8, 4) is 11.5 Å². The summed E-state index contributed by atoms with van der Waals surface area (Å²) in [5.74, 6) is 2.07. The molecule has 1 saturated heterocycles. The third-order valence-electron chi connectivity index (χ3n) is 5.29. The van der Waals surface area contributed by atoms with Gasteiger partial charge in [-0.15, -0.1) is 0 Å². The SMILES string of the molecule is O=c1[nH]c2cc3c(cc2cc1CN1CCC(Nc2ncccn2)CC1)OCO3. The number of H-pyrrole nitrogens is 1. The molecule has 4 heterocycles. The number of nitrogens with one attached hydrogen (secondary N) is 2. The van der Waals surface area contributed by atoms with Gasteiger partial charge in [-0.25, -0.2) is 9.97 Å². The summed E-state index contributed by atoms with van der Waals surface area (Å²) in [4.78, 5) is 26.3. The van der Waals surface area contributed by atoms with Crippen LogP contribution in [0.15, 0.2) is 41.5 Å². The molecule has 5 rings (SSSR count). The number of piperidine rings is 1. The molecule has 0 amide bonds. The standard InChI is InChI=1S/C20H21N5O3/c26-19-14(8-13-9-17-18(28-12-27-17)10-16(13)24-19)11-25-6-2-15(3-7-25)23-20-21-4-1-5-22-20/h1,4-5,8-10,15H,2-3,6-7,11-12H2,(H,24,26)(H,21,22,23). The number of anilines is 1. The molecule has 0 radical (unpaired) electrons. The Balaban J connectivity index is 1.26. The highest BCUT2D eigenvalue weighted by Crippen LogP contribution is 2.35. The zero-order valence-corrected chi connectivity index (χ0v) is 15.4. The van der Waals surface area contributed by atoms with Gasteiger partial charge in [-0.05, 0) is 31.0 Å². The molecular formula is C20H21N5O3. The molecule has 144 valence electrons. The summed E-state index contributed by atoms with van der Waals surface area (Å²) < 4.78 is 10.8. The monoisotopic (exact) mass is 379 g/mol. The Bertz CT molecular complexity index is 1040. The van der Waals surface area contributed by atoms with Gasteiger partial charge in [0, 0.05) is 55.1 Å². The number of aromatic amines is 1. The second-order valence-corrected chi connectivity index (χ2v) is 7.18. The van der Waals surface area contributed by atoms with Crippen LogP contribution in [0.4, 0.5) is 5.95 Å². The highest BCUT2D eigenvalue weighted by molar-refractivity contribution is 5.83. The van der Waals surface area contributed by atoms with Crippen molar-refractivity contribution in [2.45, 2.75) is 25.4 Å². The number of rotatable bonds is 4. The lowest BCUT2D eigenvalue weighted by molar-refractivity contribution is 0.174. The van der Waals surface area contributed by atoms with Gasteiger partial charge in [0.2, 0.25) is 12.7 Å². The third-order valence-corrected chi connectivity index (χ3v) is 5.29. The summed E-state index contributed by atoms with van der Waals surface area (Å²) in [6.07, 6.45) is 5.46. The van der Waals surface area contributed by atoms with E-state index < -0.39 is 0 Å². The van der Waals surface area contributed by atoms with Crippen LogP contribution in [0, 0.1) is 0 Å². The van der Waals surface area contributed by atoms with Gasteiger partial charge in [0.25, 0.3) is 5.56 Å². The molecule has 0 spiro atoms. The van der Waals surface area contributed by atoms with Crippen molar-refractivity contribution in [2.75, 3.05) is 25.2 Å². The number of benzene rings is 1. The van der Waals surface area contributed by atoms with Crippen LogP contribution in [0.5, 0.6) is 11.5 Å². The Hall–Kier alpha value is -3.13. The fraction of sp³-hybridized carbons (Fsp3) is 0.350. The van der Waals surface area contributed by atoms with Crippen molar-refractivity contribution in [3.63, 3.8) is 0 Å². The zero-order valence-electron chi connectivity index (χ0n) is 15.4. The second kappa shape index (κ2) is 7.12. The maximum atomic E-state index is 12.5. The van der Waals surface area contributed by atoms with E-state index in [1.165, 1.54) is 0 Å². The summed E-state index contributed by atoms with van der Waals surface area (Å²) in [6, 6.07) is 7.87. The van der Waals surface area contributed by atoms with E-state index >= 15 is 0 Å². The predicted octanol–water partition coefficient (Wildman–Crippen LogP) is 2.12. The highest BCUT2D eigenvalue weighted by atomic mass is 16.7. The maximum Gasteiger partial charge on any atom is 0.252 e. The van der Waals surface area contributed by atoms with E-state index in [4.69, 9.17) is 9.47 Å². The van der Waals surface area contributed by atoms with Gasteiger partial charge in [-0.1, -0.05) is 0 Å². The van der Waals surface area contributed by atoms with Gasteiger partial charge in [-0.2, -0.15) is 0 Å². The number of ether oxygens (including phenoxy) is 2. The molecule has 2 aliphatic rings. The first-order valence-electron chi connectivity index (χ1n) is 9.46. The Morgan fingerprint density at radius 3 is 2.64 bits per heavy atom. The minimum atomic E-state index is -0.0516. The third kappa shape index (κ3) is 3.38. The second-order valence-electron chi connectivity index (χ2n) is 7.18. The Morgan fingerprint density at radius 2 is 1.86 bits per heavy atom. The Morgan fingerprint density at radius 1 is 1.11 bits per heavy atom. The molecule has 0 atom stereocenters. The van der Waals surface area contributed by atoms with E-state index in [0.29, 0.717) is 24.3 Å². The van der Waals surface area contributed by atoms with Gasteiger partial charge < -0.3 is 19.8 Å². The van der Waals surface area contributed by atoms with Crippen molar-refractivity contribution in [3.05, 3.63) is 52.6 Å². The molecule has 3 aromatic rings. The minimum Gasteiger partial charge on any atom is -0.454 e. The van der Waals surface area contributed by atoms with Gasteiger partial charge in [-0.3, -0.25) is 9.69 Å². The normalized spacial score (nSPS) is 17.1. The largest absolute Gasteiger partial charge is 0.454 e. The molecule has 2 aromatic heterocycles.